The lowest BCUT2D eigenvalue weighted by molar-refractivity contribution is -0.180. The monoisotopic (exact) mass is 544 g/mol. The molecule has 0 radical (unpaired) electrons. The van der Waals surface area contributed by atoms with Gasteiger partial charge in [-0.1, -0.05) is 102 Å². The molecule has 2 unspecified atom stereocenters. The smallest absolute Gasteiger partial charge is 0.168 e. The second kappa shape index (κ2) is 25.8. The first-order valence-electron chi connectivity index (χ1n) is 16.8. The Labute approximate surface area is 244 Å². The van der Waals surface area contributed by atoms with Crippen molar-refractivity contribution in [2.45, 2.75) is 161 Å². The molecule has 3 nitrogen and oxygen atoms in total. The predicted octanol–water partition coefficient (Wildman–Crippen LogP) is 10.7. The van der Waals surface area contributed by atoms with Gasteiger partial charge < -0.3 is 14.4 Å². The van der Waals surface area contributed by atoms with E-state index in [2.05, 4.69) is 75.0 Å². The van der Waals surface area contributed by atoms with Crippen LogP contribution >= 0.6 is 0 Å². The largest absolute Gasteiger partial charge is 0.347 e. The Bertz CT molecular complexity index is 661. The van der Waals surface area contributed by atoms with Gasteiger partial charge in [0.15, 0.2) is 5.79 Å². The maximum Gasteiger partial charge on any atom is 0.168 e. The molecule has 0 spiro atoms. The zero-order valence-electron chi connectivity index (χ0n) is 26.6. The van der Waals surface area contributed by atoms with Crippen LogP contribution in [0.3, 0.4) is 0 Å². The molecular weight excluding hydrogens is 478 g/mol. The molecule has 1 heterocycles. The summed E-state index contributed by atoms with van der Waals surface area (Å²) >= 11 is 0. The maximum atomic E-state index is 6.58. The van der Waals surface area contributed by atoms with Crippen molar-refractivity contribution in [1.29, 1.82) is 0 Å². The minimum atomic E-state index is -0.325. The summed E-state index contributed by atoms with van der Waals surface area (Å²) < 4.78 is 13.0. The van der Waals surface area contributed by atoms with Gasteiger partial charge in [-0.3, -0.25) is 0 Å². The highest BCUT2D eigenvalue weighted by atomic mass is 16.7. The average molecular weight is 544 g/mol. The summed E-state index contributed by atoms with van der Waals surface area (Å²) in [5, 5.41) is 0. The molecule has 0 aromatic heterocycles. The Balaban J connectivity index is 2.18. The van der Waals surface area contributed by atoms with Crippen molar-refractivity contribution in [3.8, 4) is 0 Å². The Kier molecular flexibility index (Phi) is 23.8. The topological polar surface area (TPSA) is 21.7 Å². The van der Waals surface area contributed by atoms with Gasteiger partial charge in [0, 0.05) is 19.4 Å². The van der Waals surface area contributed by atoms with Crippen LogP contribution in [0.15, 0.2) is 42.2 Å². The fourth-order valence-electron chi connectivity index (χ4n) is 5.38. The van der Waals surface area contributed by atoms with Crippen molar-refractivity contribution in [1.82, 2.24) is 4.90 Å². The van der Waals surface area contributed by atoms with Crippen LogP contribution in [-0.2, 0) is 9.47 Å². The molecule has 3 heteroatoms. The lowest BCUT2D eigenvalue weighted by Gasteiger charge is -2.29. The molecule has 1 aliphatic rings. The highest BCUT2D eigenvalue weighted by Gasteiger charge is 2.40. The second-order valence-corrected chi connectivity index (χ2v) is 11.9. The summed E-state index contributed by atoms with van der Waals surface area (Å²) in [5.74, 6) is -0.325. The highest BCUT2D eigenvalue weighted by Crippen LogP contribution is 2.35. The van der Waals surface area contributed by atoms with E-state index in [1.54, 1.807) is 0 Å². The normalized spacial score (nSPS) is 19.5. The van der Waals surface area contributed by atoms with Gasteiger partial charge in [0.1, 0.15) is 0 Å². The number of nitrogens with zero attached hydrogens (tertiary/aromatic N) is 1. The molecular formula is C36H65NO2. The minimum absolute atomic E-state index is 0.218. The van der Waals surface area contributed by atoms with Crippen LogP contribution in [0.2, 0.25) is 0 Å². The minimum Gasteiger partial charge on any atom is -0.347 e. The highest BCUT2D eigenvalue weighted by molar-refractivity contribution is 5.02. The molecule has 2 atom stereocenters. The summed E-state index contributed by atoms with van der Waals surface area (Å²) in [4.78, 5) is 2.22. The maximum absolute atomic E-state index is 6.58. The van der Waals surface area contributed by atoms with Crippen LogP contribution in [0.1, 0.15) is 149 Å². The third-order valence-corrected chi connectivity index (χ3v) is 7.64. The molecule has 0 saturated carbocycles. The molecule has 1 rings (SSSR count). The quantitative estimate of drug-likeness (QED) is 0.0468. The van der Waals surface area contributed by atoms with Crippen molar-refractivity contribution in [2.75, 3.05) is 27.2 Å². The number of hydrogen-bond donors (Lipinski definition) is 0. The van der Waals surface area contributed by atoms with Gasteiger partial charge in [-0.15, -0.1) is 5.73 Å². The summed E-state index contributed by atoms with van der Waals surface area (Å²) in [5.41, 5.74) is 3.28. The van der Waals surface area contributed by atoms with Gasteiger partial charge in [0.25, 0.3) is 0 Å². The van der Waals surface area contributed by atoms with Gasteiger partial charge in [-0.2, -0.15) is 0 Å². The zero-order chi connectivity index (χ0) is 28.3. The molecule has 0 aromatic rings. The van der Waals surface area contributed by atoms with Crippen LogP contribution in [0.4, 0.5) is 0 Å². The van der Waals surface area contributed by atoms with Crippen molar-refractivity contribution in [3.63, 3.8) is 0 Å². The van der Waals surface area contributed by atoms with Crippen molar-refractivity contribution < 1.29 is 9.47 Å². The van der Waals surface area contributed by atoms with Gasteiger partial charge >= 0.3 is 0 Å². The third kappa shape index (κ3) is 21.3. The third-order valence-electron chi connectivity index (χ3n) is 7.64. The van der Waals surface area contributed by atoms with E-state index in [9.17, 15) is 0 Å². The van der Waals surface area contributed by atoms with Gasteiger partial charge in [0.2, 0.25) is 0 Å². The fourth-order valence-corrected chi connectivity index (χ4v) is 5.38. The van der Waals surface area contributed by atoms with Crippen LogP contribution in [0.25, 0.3) is 0 Å². The number of ether oxygens (including phenoxy) is 2. The van der Waals surface area contributed by atoms with Gasteiger partial charge in [-0.05, 0) is 84.0 Å². The van der Waals surface area contributed by atoms with E-state index < -0.39 is 0 Å². The van der Waals surface area contributed by atoms with E-state index in [1.165, 1.54) is 109 Å². The molecule has 0 bridgehead atoms. The van der Waals surface area contributed by atoms with E-state index in [4.69, 9.17) is 9.47 Å². The average Bonchev–Trinajstić information content (AvgIpc) is 3.31. The Morgan fingerprint density at radius 3 is 1.92 bits per heavy atom. The fraction of sp³-hybridized carbons (Fsp3) is 0.806. The molecule has 1 fully saturated rings. The van der Waals surface area contributed by atoms with Crippen molar-refractivity contribution >= 4 is 0 Å². The molecule has 0 N–H and O–H groups in total. The molecule has 0 aliphatic carbocycles. The molecule has 0 aromatic carbocycles. The number of allylic oxidation sites excluding steroid dienone is 5. The second-order valence-electron chi connectivity index (χ2n) is 11.9. The van der Waals surface area contributed by atoms with E-state index in [0.29, 0.717) is 0 Å². The zero-order valence-corrected chi connectivity index (χ0v) is 26.6. The molecule has 0 amide bonds. The standard InChI is InChI=1S/C36H65NO2/c1-5-7-9-11-13-15-17-18-19-20-21-22-24-26-28-30-32-36(38-34-35(39-36)33-37(3)4)31-29-27-25-23-16-14-12-10-8-6-2/h8,10,13,17-19,35H,5-7,9,11-12,14,16,20-34H2,1-4H3. The molecule has 1 aliphatic heterocycles. The predicted molar refractivity (Wildman–Crippen MR) is 171 cm³/mol. The summed E-state index contributed by atoms with van der Waals surface area (Å²) in [6.07, 6.45) is 40.0. The molecule has 226 valence electrons. The Morgan fingerprint density at radius 1 is 0.718 bits per heavy atom. The first-order chi connectivity index (χ1) is 19.1. The van der Waals surface area contributed by atoms with Crippen molar-refractivity contribution in [2.24, 2.45) is 0 Å². The Morgan fingerprint density at radius 2 is 1.31 bits per heavy atom. The first-order valence-corrected chi connectivity index (χ1v) is 16.8. The molecule has 39 heavy (non-hydrogen) atoms. The SMILES string of the molecule is CCC=CCCCCCCCCC1(CCCCCCCCC=CC=C=CCCCCC)OCC(CN(C)C)O1. The lowest BCUT2D eigenvalue weighted by atomic mass is 9.98. The first kappa shape index (κ1) is 35.9. The van der Waals surface area contributed by atoms with E-state index in [0.717, 1.165) is 38.8 Å². The van der Waals surface area contributed by atoms with Crippen molar-refractivity contribution in [3.05, 3.63) is 42.2 Å². The number of hydrogen-bond acceptors (Lipinski definition) is 3. The van der Waals surface area contributed by atoms with E-state index >= 15 is 0 Å². The Hall–Kier alpha value is -1.12. The van der Waals surface area contributed by atoms with Gasteiger partial charge in [-0.25, -0.2) is 0 Å². The van der Waals surface area contributed by atoms with Crippen LogP contribution in [-0.4, -0.2) is 44.0 Å². The van der Waals surface area contributed by atoms with Crippen LogP contribution < -0.4 is 0 Å². The lowest BCUT2D eigenvalue weighted by Crippen LogP contribution is -2.33. The van der Waals surface area contributed by atoms with E-state index in [1.807, 2.05) is 0 Å². The number of rotatable bonds is 26. The van der Waals surface area contributed by atoms with Gasteiger partial charge in [0.05, 0.1) is 12.7 Å². The number of likely N-dealkylation sites (N-methyl/N-ethyl adjacent to an activating group) is 1. The van der Waals surface area contributed by atoms with Crippen LogP contribution in [0, 0.1) is 0 Å². The van der Waals surface area contributed by atoms with Crippen LogP contribution in [0.5, 0.6) is 0 Å². The molecule has 1 saturated heterocycles. The summed E-state index contributed by atoms with van der Waals surface area (Å²) in [6.45, 7) is 6.16. The summed E-state index contributed by atoms with van der Waals surface area (Å²) in [6, 6.07) is 0. The number of unbranched alkanes of at least 4 members (excludes halogenated alkanes) is 15. The summed E-state index contributed by atoms with van der Waals surface area (Å²) in [7, 11) is 4.25. The van der Waals surface area contributed by atoms with E-state index in [-0.39, 0.29) is 11.9 Å².